The fourth-order valence-electron chi connectivity index (χ4n) is 0.556. The first-order chi connectivity index (χ1) is 4.39. The molecule has 1 rings (SSSR count). The lowest BCUT2D eigenvalue weighted by molar-refractivity contribution is 1.78. The Hall–Kier alpha value is -0.690. The highest BCUT2D eigenvalue weighted by molar-refractivity contribution is 7.84. The van der Waals surface area contributed by atoms with Gasteiger partial charge < -0.3 is 0 Å². The quantitative estimate of drug-likeness (QED) is 0.486. The predicted molar refractivity (Wildman–Crippen MR) is 44.5 cm³/mol. The van der Waals surface area contributed by atoms with E-state index in [4.69, 9.17) is 0 Å². The Morgan fingerprint density at radius 3 is 2.44 bits per heavy atom. The van der Waals surface area contributed by atoms with Gasteiger partial charge >= 0.3 is 0 Å². The van der Waals surface area contributed by atoms with Gasteiger partial charge in [0.1, 0.15) is 0 Å². The van der Waals surface area contributed by atoms with Crippen LogP contribution in [0.2, 0.25) is 0 Å². The molecule has 0 bridgehead atoms. The average Bonchev–Trinajstić information content (AvgIpc) is 1.79. The maximum absolute atomic E-state index is 4.17. The summed E-state index contributed by atoms with van der Waals surface area (Å²) in [5, 5.41) is 0. The molecule has 1 aliphatic rings. The lowest BCUT2D eigenvalue weighted by atomic mass is 10.3. The zero-order valence-corrected chi connectivity index (χ0v) is 5.88. The number of rotatable bonds is 0. The van der Waals surface area contributed by atoms with Crippen LogP contribution < -0.4 is 0 Å². The summed E-state index contributed by atoms with van der Waals surface area (Å²) in [6.07, 6.45) is 13.7. The molecule has 0 spiro atoms. The van der Waals surface area contributed by atoms with Gasteiger partial charge in [0.25, 0.3) is 0 Å². The van der Waals surface area contributed by atoms with Crippen molar-refractivity contribution >= 4 is 12.6 Å². The van der Waals surface area contributed by atoms with Gasteiger partial charge in [-0.05, 0) is 12.2 Å². The van der Waals surface area contributed by atoms with Gasteiger partial charge in [-0.2, -0.15) is 0 Å². The molecule has 1 aliphatic carbocycles. The minimum absolute atomic E-state index is 0.982. The third kappa shape index (κ3) is 2.38. The van der Waals surface area contributed by atoms with E-state index in [1.807, 2.05) is 42.5 Å². The molecule has 0 amide bonds. The molecule has 0 fully saturated rings. The van der Waals surface area contributed by atoms with E-state index < -0.39 is 0 Å². The van der Waals surface area contributed by atoms with Crippen molar-refractivity contribution < 1.29 is 0 Å². The van der Waals surface area contributed by atoms with E-state index in [0.717, 1.165) is 4.91 Å². The molecule has 0 saturated carbocycles. The van der Waals surface area contributed by atoms with Crippen LogP contribution >= 0.6 is 12.6 Å². The Bertz CT molecular complexity index is 195. The highest BCUT2D eigenvalue weighted by Gasteiger charge is 1.78. The van der Waals surface area contributed by atoms with E-state index in [0.29, 0.717) is 0 Å². The normalized spacial score (nSPS) is 16.8. The molecular weight excluding hydrogens is 128 g/mol. The lowest BCUT2D eigenvalue weighted by Gasteiger charge is -1.86. The van der Waals surface area contributed by atoms with Crippen LogP contribution in [0.1, 0.15) is 0 Å². The smallest absolute Gasteiger partial charge is 0.00399 e. The molecule has 0 aromatic carbocycles. The standard InChI is InChI=1S/C8H8S/c9-8-6-4-2-1-3-5-7-8/h1-7,9H. The van der Waals surface area contributed by atoms with Crippen LogP contribution in [-0.2, 0) is 0 Å². The first kappa shape index (κ1) is 6.43. The van der Waals surface area contributed by atoms with E-state index in [1.54, 1.807) is 0 Å². The molecular formula is C8H8S. The maximum Gasteiger partial charge on any atom is 0.00399 e. The third-order valence-corrected chi connectivity index (χ3v) is 1.28. The Morgan fingerprint density at radius 1 is 0.889 bits per heavy atom. The molecule has 0 atom stereocenters. The van der Waals surface area contributed by atoms with Crippen LogP contribution in [0.5, 0.6) is 0 Å². The minimum Gasteiger partial charge on any atom is -0.143 e. The van der Waals surface area contributed by atoms with Crippen LogP contribution in [0.3, 0.4) is 0 Å². The van der Waals surface area contributed by atoms with Crippen LogP contribution in [-0.4, -0.2) is 0 Å². The molecule has 0 nitrogen and oxygen atoms in total. The zero-order valence-electron chi connectivity index (χ0n) is 4.99. The summed E-state index contributed by atoms with van der Waals surface area (Å²) in [7, 11) is 0. The van der Waals surface area contributed by atoms with E-state index in [-0.39, 0.29) is 0 Å². The second-order valence-corrected chi connectivity index (χ2v) is 2.24. The fraction of sp³-hybridized carbons (Fsp3) is 0. The second kappa shape index (κ2) is 3.36. The molecule has 0 N–H and O–H groups in total. The van der Waals surface area contributed by atoms with Gasteiger partial charge in [-0.15, -0.1) is 12.6 Å². The summed E-state index contributed by atoms with van der Waals surface area (Å²) in [6, 6.07) is 0. The van der Waals surface area contributed by atoms with E-state index in [2.05, 4.69) is 12.6 Å². The van der Waals surface area contributed by atoms with E-state index in [1.165, 1.54) is 0 Å². The highest BCUT2D eigenvalue weighted by atomic mass is 32.1. The molecule has 0 heterocycles. The molecule has 46 valence electrons. The predicted octanol–water partition coefficient (Wildman–Crippen LogP) is 2.48. The summed E-state index contributed by atoms with van der Waals surface area (Å²) in [6.45, 7) is 0. The van der Waals surface area contributed by atoms with Gasteiger partial charge in [-0.1, -0.05) is 30.4 Å². The van der Waals surface area contributed by atoms with Gasteiger partial charge in [-0.25, -0.2) is 0 Å². The van der Waals surface area contributed by atoms with Crippen molar-refractivity contribution in [3.63, 3.8) is 0 Å². The number of hydrogen-bond acceptors (Lipinski definition) is 1. The Balaban J connectivity index is 2.77. The largest absolute Gasteiger partial charge is 0.143 e. The monoisotopic (exact) mass is 136 g/mol. The Kier molecular flexibility index (Phi) is 2.40. The first-order valence-corrected chi connectivity index (χ1v) is 3.25. The summed E-state index contributed by atoms with van der Waals surface area (Å²) in [5.41, 5.74) is 0. The highest BCUT2D eigenvalue weighted by Crippen LogP contribution is 2.03. The fourth-order valence-corrected chi connectivity index (χ4v) is 0.728. The van der Waals surface area contributed by atoms with Crippen molar-refractivity contribution in [2.24, 2.45) is 0 Å². The van der Waals surface area contributed by atoms with Gasteiger partial charge in [0.15, 0.2) is 0 Å². The van der Waals surface area contributed by atoms with Gasteiger partial charge in [0.05, 0.1) is 0 Å². The van der Waals surface area contributed by atoms with Crippen molar-refractivity contribution in [3.8, 4) is 0 Å². The molecule has 0 aromatic heterocycles. The Morgan fingerprint density at radius 2 is 1.56 bits per heavy atom. The summed E-state index contributed by atoms with van der Waals surface area (Å²) in [5.74, 6) is 0. The molecule has 0 aromatic rings. The number of allylic oxidation sites excluding steroid dienone is 7. The SMILES string of the molecule is SC1=CC=CC=CC=C1. The molecule has 0 saturated heterocycles. The maximum atomic E-state index is 4.17. The Labute approximate surface area is 60.7 Å². The van der Waals surface area contributed by atoms with Crippen molar-refractivity contribution in [2.45, 2.75) is 0 Å². The average molecular weight is 136 g/mol. The van der Waals surface area contributed by atoms with Crippen LogP contribution in [0, 0.1) is 0 Å². The summed E-state index contributed by atoms with van der Waals surface area (Å²) < 4.78 is 0. The van der Waals surface area contributed by atoms with Crippen LogP contribution in [0.25, 0.3) is 0 Å². The van der Waals surface area contributed by atoms with Crippen LogP contribution in [0.15, 0.2) is 47.4 Å². The lowest BCUT2D eigenvalue weighted by Crippen LogP contribution is -1.63. The van der Waals surface area contributed by atoms with Crippen LogP contribution in [0.4, 0.5) is 0 Å². The third-order valence-electron chi connectivity index (χ3n) is 0.978. The minimum atomic E-state index is 0.982. The van der Waals surface area contributed by atoms with E-state index >= 15 is 0 Å². The van der Waals surface area contributed by atoms with Crippen molar-refractivity contribution in [3.05, 3.63) is 47.4 Å². The van der Waals surface area contributed by atoms with Gasteiger partial charge in [0.2, 0.25) is 0 Å². The molecule has 0 unspecified atom stereocenters. The van der Waals surface area contributed by atoms with Gasteiger partial charge in [-0.3, -0.25) is 0 Å². The molecule has 9 heavy (non-hydrogen) atoms. The topological polar surface area (TPSA) is 0 Å². The van der Waals surface area contributed by atoms with Gasteiger partial charge in [0, 0.05) is 4.91 Å². The second-order valence-electron chi connectivity index (χ2n) is 1.72. The van der Waals surface area contributed by atoms with Crippen molar-refractivity contribution in [1.29, 1.82) is 0 Å². The number of hydrogen-bond donors (Lipinski definition) is 1. The zero-order chi connectivity index (χ0) is 6.53. The number of thiol groups is 1. The summed E-state index contributed by atoms with van der Waals surface area (Å²) in [4.78, 5) is 0.982. The molecule has 0 aliphatic heterocycles. The van der Waals surface area contributed by atoms with Crippen molar-refractivity contribution in [1.82, 2.24) is 0 Å². The first-order valence-electron chi connectivity index (χ1n) is 2.80. The molecule has 0 radical (unpaired) electrons. The molecule has 1 heteroatoms. The summed E-state index contributed by atoms with van der Waals surface area (Å²) >= 11 is 4.17. The van der Waals surface area contributed by atoms with Crippen molar-refractivity contribution in [2.75, 3.05) is 0 Å². The van der Waals surface area contributed by atoms with E-state index in [9.17, 15) is 0 Å².